The van der Waals surface area contributed by atoms with Gasteiger partial charge in [-0.1, -0.05) is 22.9 Å². The zero-order valence-corrected chi connectivity index (χ0v) is 12.9. The molecule has 0 aliphatic carbocycles. The highest BCUT2D eigenvalue weighted by molar-refractivity contribution is 9.10. The van der Waals surface area contributed by atoms with Gasteiger partial charge >= 0.3 is 0 Å². The number of rotatable bonds is 5. The van der Waals surface area contributed by atoms with Crippen molar-refractivity contribution in [3.63, 3.8) is 0 Å². The van der Waals surface area contributed by atoms with Gasteiger partial charge in [-0.2, -0.15) is 0 Å². The summed E-state index contributed by atoms with van der Waals surface area (Å²) in [6.07, 6.45) is 0. The molecule has 3 nitrogen and oxygen atoms in total. The van der Waals surface area contributed by atoms with Crippen molar-refractivity contribution in [3.8, 4) is 0 Å². The molecule has 0 spiro atoms. The zero-order chi connectivity index (χ0) is 13.1. The van der Waals surface area contributed by atoms with Crippen molar-refractivity contribution in [2.75, 3.05) is 16.4 Å². The third kappa shape index (κ3) is 4.85. The minimum atomic E-state index is -3.33. The first kappa shape index (κ1) is 14.8. The van der Waals surface area contributed by atoms with E-state index in [-0.39, 0.29) is 11.7 Å². The first-order valence-corrected chi connectivity index (χ1v) is 8.14. The molecule has 1 atom stereocenters. The van der Waals surface area contributed by atoms with Crippen molar-refractivity contribution in [3.05, 3.63) is 28.2 Å². The van der Waals surface area contributed by atoms with Crippen LogP contribution in [0.15, 0.2) is 22.7 Å². The fourth-order valence-corrected chi connectivity index (χ4v) is 3.60. The van der Waals surface area contributed by atoms with Crippen LogP contribution in [0.2, 0.25) is 0 Å². The Morgan fingerprint density at radius 2 is 2.12 bits per heavy atom. The molecule has 1 aromatic carbocycles. The Balaban J connectivity index is 2.83. The minimum absolute atomic E-state index is 0.0337. The van der Waals surface area contributed by atoms with Gasteiger partial charge in [0.1, 0.15) is 0 Å². The van der Waals surface area contributed by atoms with Gasteiger partial charge in [0.05, 0.1) is 11.4 Å². The zero-order valence-electron chi connectivity index (χ0n) is 9.70. The van der Waals surface area contributed by atoms with E-state index < -0.39 is 10.0 Å². The smallest absolute Gasteiger partial charge is 0.233 e. The Morgan fingerprint density at radius 3 is 2.65 bits per heavy atom. The molecule has 17 heavy (non-hydrogen) atoms. The van der Waals surface area contributed by atoms with Crippen LogP contribution in [-0.4, -0.2) is 20.1 Å². The number of aryl methyl sites for hydroxylation is 1. The summed E-state index contributed by atoms with van der Waals surface area (Å²) in [5, 5.41) is 0. The topological polar surface area (TPSA) is 46.2 Å². The lowest BCUT2D eigenvalue weighted by Crippen LogP contribution is -2.22. The van der Waals surface area contributed by atoms with Gasteiger partial charge in [-0.05, 0) is 36.6 Å². The van der Waals surface area contributed by atoms with E-state index in [1.54, 1.807) is 19.1 Å². The molecule has 0 saturated heterocycles. The van der Waals surface area contributed by atoms with Crippen molar-refractivity contribution in [1.82, 2.24) is 0 Å². The van der Waals surface area contributed by atoms with E-state index >= 15 is 0 Å². The highest BCUT2D eigenvalue weighted by atomic mass is 79.9. The summed E-state index contributed by atoms with van der Waals surface area (Å²) in [5.74, 6) is 0.302. The number of nitrogens with one attached hydrogen (secondary N) is 1. The quantitative estimate of drug-likeness (QED) is 0.835. The van der Waals surface area contributed by atoms with Crippen LogP contribution in [0.4, 0.5) is 5.69 Å². The second kappa shape index (κ2) is 6.07. The molecule has 1 rings (SSSR count). The first-order chi connectivity index (χ1) is 7.84. The molecular formula is C11H15BrClNO2S. The van der Waals surface area contributed by atoms with Crippen LogP contribution in [0.5, 0.6) is 0 Å². The first-order valence-electron chi connectivity index (χ1n) is 5.16. The summed E-state index contributed by atoms with van der Waals surface area (Å²) in [6.45, 7) is 3.66. The molecule has 0 fully saturated rings. The van der Waals surface area contributed by atoms with Crippen LogP contribution in [0.25, 0.3) is 0 Å². The van der Waals surface area contributed by atoms with Gasteiger partial charge in [-0.15, -0.1) is 11.6 Å². The van der Waals surface area contributed by atoms with E-state index in [0.29, 0.717) is 11.6 Å². The van der Waals surface area contributed by atoms with E-state index in [0.717, 1.165) is 10.0 Å². The number of halogens is 2. The third-order valence-electron chi connectivity index (χ3n) is 2.22. The van der Waals surface area contributed by atoms with Crippen molar-refractivity contribution >= 4 is 43.2 Å². The second-order valence-electron chi connectivity index (χ2n) is 4.10. The van der Waals surface area contributed by atoms with Gasteiger partial charge < -0.3 is 0 Å². The molecule has 0 saturated carbocycles. The van der Waals surface area contributed by atoms with E-state index in [1.807, 2.05) is 13.0 Å². The van der Waals surface area contributed by atoms with Crippen LogP contribution in [-0.2, 0) is 10.0 Å². The number of hydrogen-bond donors (Lipinski definition) is 1. The second-order valence-corrected chi connectivity index (χ2v) is 7.09. The molecule has 0 bridgehead atoms. The number of sulfonamides is 1. The maximum absolute atomic E-state index is 11.8. The minimum Gasteiger partial charge on any atom is -0.283 e. The predicted octanol–water partition coefficient (Wildman–Crippen LogP) is 3.37. The van der Waals surface area contributed by atoms with E-state index in [1.165, 1.54) is 0 Å². The lowest BCUT2D eigenvalue weighted by atomic mass is 10.2. The lowest BCUT2D eigenvalue weighted by Gasteiger charge is -2.13. The lowest BCUT2D eigenvalue weighted by molar-refractivity contribution is 0.588. The average molecular weight is 341 g/mol. The standard InChI is InChI=1S/C11H15BrClNO2S/c1-8(6-13)7-17(15,16)14-11-4-3-10(12)5-9(11)2/h3-5,8,14H,6-7H2,1-2H3. The van der Waals surface area contributed by atoms with Crippen LogP contribution in [0.1, 0.15) is 12.5 Å². The predicted molar refractivity (Wildman–Crippen MR) is 76.2 cm³/mol. The fraction of sp³-hybridized carbons (Fsp3) is 0.455. The van der Waals surface area contributed by atoms with Crippen LogP contribution < -0.4 is 4.72 Å². The Hall–Kier alpha value is -0.260. The largest absolute Gasteiger partial charge is 0.283 e. The van der Waals surface area contributed by atoms with Crippen molar-refractivity contribution in [1.29, 1.82) is 0 Å². The van der Waals surface area contributed by atoms with Gasteiger partial charge in [0, 0.05) is 10.4 Å². The van der Waals surface area contributed by atoms with E-state index in [2.05, 4.69) is 20.7 Å². The van der Waals surface area contributed by atoms with Gasteiger partial charge in [0.15, 0.2) is 0 Å². The summed E-state index contributed by atoms with van der Waals surface area (Å²) < 4.78 is 27.1. The Kier molecular flexibility index (Phi) is 5.28. The molecule has 1 N–H and O–H groups in total. The van der Waals surface area contributed by atoms with Crippen LogP contribution >= 0.6 is 27.5 Å². The van der Waals surface area contributed by atoms with Crippen molar-refractivity contribution < 1.29 is 8.42 Å². The highest BCUT2D eigenvalue weighted by Crippen LogP contribution is 2.21. The molecule has 96 valence electrons. The number of alkyl halides is 1. The van der Waals surface area contributed by atoms with Crippen LogP contribution in [0.3, 0.4) is 0 Å². The molecule has 1 aromatic rings. The van der Waals surface area contributed by atoms with Crippen molar-refractivity contribution in [2.24, 2.45) is 5.92 Å². The van der Waals surface area contributed by atoms with Crippen LogP contribution in [0, 0.1) is 12.8 Å². The summed E-state index contributed by atoms with van der Waals surface area (Å²) in [5.41, 5.74) is 1.48. The maximum Gasteiger partial charge on any atom is 0.233 e. The Morgan fingerprint density at radius 1 is 1.47 bits per heavy atom. The molecular weight excluding hydrogens is 326 g/mol. The highest BCUT2D eigenvalue weighted by Gasteiger charge is 2.15. The molecule has 0 aliphatic heterocycles. The molecule has 0 heterocycles. The Bertz CT molecular complexity index is 490. The molecule has 0 aliphatic rings. The molecule has 0 radical (unpaired) electrons. The van der Waals surface area contributed by atoms with Gasteiger partial charge in [0.25, 0.3) is 0 Å². The molecule has 0 aromatic heterocycles. The van der Waals surface area contributed by atoms with Crippen molar-refractivity contribution in [2.45, 2.75) is 13.8 Å². The van der Waals surface area contributed by atoms with E-state index in [9.17, 15) is 8.42 Å². The normalized spacial score (nSPS) is 13.4. The van der Waals surface area contributed by atoms with E-state index in [4.69, 9.17) is 11.6 Å². The fourth-order valence-electron chi connectivity index (χ4n) is 1.37. The number of benzene rings is 1. The van der Waals surface area contributed by atoms with Gasteiger partial charge in [-0.3, -0.25) is 4.72 Å². The Labute approximate surface area is 116 Å². The summed E-state index contributed by atoms with van der Waals surface area (Å²) in [7, 11) is -3.33. The monoisotopic (exact) mass is 339 g/mol. The number of anilines is 1. The molecule has 6 heteroatoms. The SMILES string of the molecule is Cc1cc(Br)ccc1NS(=O)(=O)CC(C)CCl. The van der Waals surface area contributed by atoms with Gasteiger partial charge in [-0.25, -0.2) is 8.42 Å². The molecule has 1 unspecified atom stereocenters. The third-order valence-corrected chi connectivity index (χ3v) is 4.78. The summed E-state index contributed by atoms with van der Waals surface area (Å²) in [6, 6.07) is 5.40. The van der Waals surface area contributed by atoms with Gasteiger partial charge in [0.2, 0.25) is 10.0 Å². The maximum atomic E-state index is 11.8. The average Bonchev–Trinajstić information content (AvgIpc) is 2.21. The summed E-state index contributed by atoms with van der Waals surface area (Å²) >= 11 is 8.95. The number of hydrogen-bond acceptors (Lipinski definition) is 2. The molecule has 0 amide bonds. The summed E-state index contributed by atoms with van der Waals surface area (Å²) in [4.78, 5) is 0.